The summed E-state index contributed by atoms with van der Waals surface area (Å²) in [5, 5.41) is 2.97. The van der Waals surface area contributed by atoms with E-state index in [9.17, 15) is 4.39 Å². The zero-order chi connectivity index (χ0) is 12.4. The highest BCUT2D eigenvalue weighted by atomic mass is 35.5. The Balaban J connectivity index is 2.34. The summed E-state index contributed by atoms with van der Waals surface area (Å²) in [7, 11) is 0. The Kier molecular flexibility index (Phi) is 3.10. The van der Waals surface area contributed by atoms with Crippen LogP contribution in [-0.4, -0.2) is 9.97 Å². The van der Waals surface area contributed by atoms with Crippen LogP contribution in [0, 0.1) is 12.7 Å². The molecule has 0 spiro atoms. The van der Waals surface area contributed by atoms with Crippen LogP contribution in [0.1, 0.15) is 5.56 Å². The van der Waals surface area contributed by atoms with Crippen molar-refractivity contribution in [3.8, 4) is 0 Å². The average Bonchev–Trinajstić information content (AvgIpc) is 2.22. The van der Waals surface area contributed by atoms with Gasteiger partial charge in [-0.3, -0.25) is 0 Å². The smallest absolute Gasteiger partial charge is 0.224 e. The maximum absolute atomic E-state index is 13.2. The fraction of sp³-hybridized carbons (Fsp3) is 0.0909. The normalized spacial score (nSPS) is 10.3. The van der Waals surface area contributed by atoms with Gasteiger partial charge in [0.25, 0.3) is 0 Å². The number of nitrogen functional groups attached to an aromatic ring is 1. The fourth-order valence-corrected chi connectivity index (χ4v) is 1.55. The van der Waals surface area contributed by atoms with E-state index < -0.39 is 0 Å². The van der Waals surface area contributed by atoms with Crippen LogP contribution in [0.4, 0.5) is 21.6 Å². The number of hydrogen-bond acceptors (Lipinski definition) is 4. The Labute approximate surface area is 103 Å². The van der Waals surface area contributed by atoms with Crippen molar-refractivity contribution < 1.29 is 4.39 Å². The molecule has 1 aromatic carbocycles. The van der Waals surface area contributed by atoms with Crippen molar-refractivity contribution in [2.24, 2.45) is 0 Å². The summed E-state index contributed by atoms with van der Waals surface area (Å²) in [4.78, 5) is 7.65. The molecule has 0 fully saturated rings. The Morgan fingerprint density at radius 3 is 2.82 bits per heavy atom. The van der Waals surface area contributed by atoms with Crippen LogP contribution >= 0.6 is 11.6 Å². The minimum Gasteiger partial charge on any atom is -0.394 e. The molecule has 2 aromatic rings. The predicted molar refractivity (Wildman–Crippen MR) is 65.9 cm³/mol. The van der Waals surface area contributed by atoms with Crippen LogP contribution in [0.3, 0.4) is 0 Å². The van der Waals surface area contributed by atoms with Gasteiger partial charge in [0.05, 0.1) is 11.9 Å². The standard InChI is InChI=1S/C11H10ClFN4/c1-6-2-7(13)4-8(3-6)16-10-9(14)5-15-11(12)17-10/h2-5H,14H2,1H3,(H,15,16,17). The number of aryl methyl sites for hydroxylation is 1. The second kappa shape index (κ2) is 4.55. The molecule has 0 aliphatic rings. The van der Waals surface area contributed by atoms with Crippen LogP contribution in [0.15, 0.2) is 24.4 Å². The first-order chi connectivity index (χ1) is 8.04. The Morgan fingerprint density at radius 1 is 1.35 bits per heavy atom. The Hall–Kier alpha value is -1.88. The summed E-state index contributed by atoms with van der Waals surface area (Å²) < 4.78 is 13.2. The summed E-state index contributed by atoms with van der Waals surface area (Å²) in [5.41, 5.74) is 7.37. The number of benzene rings is 1. The summed E-state index contributed by atoms with van der Waals surface area (Å²) in [5.74, 6) is 0.0289. The van der Waals surface area contributed by atoms with E-state index in [2.05, 4.69) is 15.3 Å². The summed E-state index contributed by atoms with van der Waals surface area (Å²) in [6.45, 7) is 1.80. The van der Waals surface area contributed by atoms with Gasteiger partial charge in [0.1, 0.15) is 5.82 Å². The van der Waals surface area contributed by atoms with E-state index in [1.807, 2.05) is 0 Å². The van der Waals surface area contributed by atoms with E-state index in [0.29, 0.717) is 17.2 Å². The van der Waals surface area contributed by atoms with Crippen molar-refractivity contribution in [2.45, 2.75) is 6.92 Å². The molecule has 0 atom stereocenters. The van der Waals surface area contributed by atoms with Crippen LogP contribution in [0.2, 0.25) is 5.28 Å². The van der Waals surface area contributed by atoms with Gasteiger partial charge in [-0.05, 0) is 42.3 Å². The van der Waals surface area contributed by atoms with E-state index in [4.69, 9.17) is 17.3 Å². The average molecular weight is 253 g/mol. The van der Waals surface area contributed by atoms with E-state index in [1.54, 1.807) is 13.0 Å². The first kappa shape index (κ1) is 11.6. The van der Waals surface area contributed by atoms with E-state index in [0.717, 1.165) is 5.56 Å². The molecule has 0 amide bonds. The number of rotatable bonds is 2. The molecule has 2 rings (SSSR count). The van der Waals surface area contributed by atoms with Crippen molar-refractivity contribution in [1.82, 2.24) is 9.97 Å². The molecule has 6 heteroatoms. The molecular weight excluding hydrogens is 243 g/mol. The van der Waals surface area contributed by atoms with Crippen LogP contribution in [-0.2, 0) is 0 Å². The quantitative estimate of drug-likeness (QED) is 0.807. The number of anilines is 3. The van der Waals surface area contributed by atoms with E-state index in [-0.39, 0.29) is 11.1 Å². The molecule has 0 aliphatic heterocycles. The van der Waals surface area contributed by atoms with Gasteiger partial charge in [0, 0.05) is 5.69 Å². The zero-order valence-corrected chi connectivity index (χ0v) is 9.79. The minimum atomic E-state index is -0.328. The first-order valence-corrected chi connectivity index (χ1v) is 5.24. The number of nitrogens with two attached hydrogens (primary N) is 1. The monoisotopic (exact) mass is 252 g/mol. The molecule has 0 unspecified atom stereocenters. The third-order valence-corrected chi connectivity index (χ3v) is 2.27. The molecule has 1 heterocycles. The maximum atomic E-state index is 13.2. The SMILES string of the molecule is Cc1cc(F)cc(Nc2nc(Cl)ncc2N)c1. The second-order valence-corrected chi connectivity index (χ2v) is 3.92. The highest BCUT2D eigenvalue weighted by Crippen LogP contribution is 2.22. The van der Waals surface area contributed by atoms with Gasteiger partial charge in [-0.15, -0.1) is 0 Å². The Bertz CT molecular complexity index is 539. The van der Waals surface area contributed by atoms with Gasteiger partial charge in [0.15, 0.2) is 5.82 Å². The first-order valence-electron chi connectivity index (χ1n) is 4.87. The lowest BCUT2D eigenvalue weighted by molar-refractivity contribution is 0.627. The largest absolute Gasteiger partial charge is 0.394 e. The molecular formula is C11H10ClFN4. The molecule has 3 N–H and O–H groups in total. The Morgan fingerprint density at radius 2 is 2.12 bits per heavy atom. The lowest BCUT2D eigenvalue weighted by Gasteiger charge is -2.08. The van der Waals surface area contributed by atoms with Gasteiger partial charge in [-0.25, -0.2) is 9.37 Å². The summed E-state index contributed by atoms with van der Waals surface area (Å²) in [6, 6.07) is 4.56. The summed E-state index contributed by atoms with van der Waals surface area (Å²) >= 11 is 5.65. The molecule has 88 valence electrons. The van der Waals surface area contributed by atoms with Crippen molar-refractivity contribution >= 4 is 28.8 Å². The van der Waals surface area contributed by atoms with E-state index in [1.165, 1.54) is 18.3 Å². The maximum Gasteiger partial charge on any atom is 0.224 e. The van der Waals surface area contributed by atoms with Crippen LogP contribution in [0.5, 0.6) is 0 Å². The topological polar surface area (TPSA) is 63.8 Å². The van der Waals surface area contributed by atoms with Crippen molar-refractivity contribution in [1.29, 1.82) is 0 Å². The number of nitrogens with one attached hydrogen (secondary N) is 1. The molecule has 1 aromatic heterocycles. The third kappa shape index (κ3) is 2.82. The minimum absolute atomic E-state index is 0.0785. The molecule has 0 saturated carbocycles. The number of hydrogen-bond donors (Lipinski definition) is 2. The highest BCUT2D eigenvalue weighted by Gasteiger charge is 2.05. The van der Waals surface area contributed by atoms with E-state index >= 15 is 0 Å². The lowest BCUT2D eigenvalue weighted by atomic mass is 10.2. The number of halogens is 2. The molecule has 17 heavy (non-hydrogen) atoms. The number of aromatic nitrogens is 2. The van der Waals surface area contributed by atoms with Crippen molar-refractivity contribution in [3.05, 3.63) is 41.1 Å². The molecule has 0 radical (unpaired) electrons. The molecule has 4 nitrogen and oxygen atoms in total. The van der Waals surface area contributed by atoms with Gasteiger partial charge in [0.2, 0.25) is 5.28 Å². The second-order valence-electron chi connectivity index (χ2n) is 3.59. The summed E-state index contributed by atoms with van der Waals surface area (Å²) in [6.07, 6.45) is 1.39. The van der Waals surface area contributed by atoms with Gasteiger partial charge < -0.3 is 11.1 Å². The van der Waals surface area contributed by atoms with Gasteiger partial charge >= 0.3 is 0 Å². The lowest BCUT2D eigenvalue weighted by Crippen LogP contribution is -2.01. The molecule has 0 aliphatic carbocycles. The zero-order valence-electron chi connectivity index (χ0n) is 9.04. The predicted octanol–water partition coefficient (Wildman–Crippen LogP) is 2.90. The highest BCUT2D eigenvalue weighted by molar-refractivity contribution is 6.28. The van der Waals surface area contributed by atoms with Crippen LogP contribution < -0.4 is 11.1 Å². The molecule has 0 bridgehead atoms. The number of nitrogens with zero attached hydrogens (tertiary/aromatic N) is 2. The van der Waals surface area contributed by atoms with Gasteiger partial charge in [-0.2, -0.15) is 4.98 Å². The van der Waals surface area contributed by atoms with Crippen LogP contribution in [0.25, 0.3) is 0 Å². The van der Waals surface area contributed by atoms with Crippen molar-refractivity contribution in [3.63, 3.8) is 0 Å². The fourth-order valence-electron chi connectivity index (χ4n) is 1.41. The van der Waals surface area contributed by atoms with Gasteiger partial charge in [-0.1, -0.05) is 0 Å². The third-order valence-electron chi connectivity index (χ3n) is 2.09. The van der Waals surface area contributed by atoms with Crippen molar-refractivity contribution in [2.75, 3.05) is 11.1 Å². The molecule has 0 saturated heterocycles.